The van der Waals surface area contributed by atoms with E-state index in [0.717, 1.165) is 17.2 Å². The lowest BCUT2D eigenvalue weighted by atomic mass is 9.87. The summed E-state index contributed by atoms with van der Waals surface area (Å²) in [6, 6.07) is 0. The topological polar surface area (TPSA) is 421 Å². The van der Waals surface area contributed by atoms with Crippen molar-refractivity contribution in [3.05, 3.63) is 12.7 Å². The SMILES string of the molecule is CC(C)(COP(=O)(O)OP(=O)(O)OC[C@H]1O[C@@H](n2cnc3c(N)ncnc32)[C@H](O)[C@@H]1OP(=O)(O)O)C(O)C(=O)NCCC(=O)NCCSC(=O)[C@H](O)CCC(=O)O. The Bertz CT molecular complexity index is 1900. The van der Waals surface area contributed by atoms with Gasteiger partial charge in [-0.15, -0.1) is 0 Å². The zero-order valence-corrected chi connectivity index (χ0v) is 33.4. The summed E-state index contributed by atoms with van der Waals surface area (Å²) in [6.45, 7) is 0.0486. The number of nitrogens with zero attached hydrogens (tertiary/aromatic N) is 4. The van der Waals surface area contributed by atoms with Crippen LogP contribution in [0.4, 0.5) is 5.82 Å². The van der Waals surface area contributed by atoms with E-state index in [-0.39, 0.29) is 48.7 Å². The molecule has 1 fully saturated rings. The van der Waals surface area contributed by atoms with Crippen molar-refractivity contribution in [1.29, 1.82) is 0 Å². The lowest BCUT2D eigenvalue weighted by molar-refractivity contribution is -0.138. The van der Waals surface area contributed by atoms with Crippen LogP contribution in [0.5, 0.6) is 0 Å². The molecule has 3 heterocycles. The predicted molar refractivity (Wildman–Crippen MR) is 190 cm³/mol. The molecule has 1 saturated heterocycles. The van der Waals surface area contributed by atoms with Gasteiger partial charge in [-0.2, -0.15) is 4.31 Å². The van der Waals surface area contributed by atoms with Crippen molar-refractivity contribution in [1.82, 2.24) is 30.2 Å². The fourth-order valence-electron chi connectivity index (χ4n) is 4.76. The van der Waals surface area contributed by atoms with Gasteiger partial charge in [0, 0.05) is 37.1 Å². The third-order valence-electron chi connectivity index (χ3n) is 7.65. The average molecular weight is 898 g/mol. The van der Waals surface area contributed by atoms with Crippen LogP contribution in [0.15, 0.2) is 12.7 Å². The van der Waals surface area contributed by atoms with Crippen molar-refractivity contribution in [3.63, 3.8) is 0 Å². The first kappa shape index (κ1) is 48.4. The maximum absolute atomic E-state index is 12.7. The van der Waals surface area contributed by atoms with Crippen molar-refractivity contribution in [2.75, 3.05) is 37.8 Å². The molecule has 27 nitrogen and oxygen atoms in total. The van der Waals surface area contributed by atoms with Crippen molar-refractivity contribution in [3.8, 4) is 0 Å². The number of phosphoric acid groups is 3. The van der Waals surface area contributed by atoms with Crippen molar-refractivity contribution in [2.24, 2.45) is 5.41 Å². The van der Waals surface area contributed by atoms with E-state index in [0.29, 0.717) is 11.8 Å². The molecular formula is C26H42N7O20P3S. The number of imidazole rings is 1. The number of fused-ring (bicyclic) bond motifs is 1. The van der Waals surface area contributed by atoms with E-state index in [1.54, 1.807) is 0 Å². The minimum absolute atomic E-state index is 0.00320. The number of carboxylic acids is 1. The second kappa shape index (κ2) is 20.3. The van der Waals surface area contributed by atoms with Gasteiger partial charge >= 0.3 is 29.4 Å². The molecule has 12 N–H and O–H groups in total. The number of carboxylic acid groups (broad SMARTS) is 1. The summed E-state index contributed by atoms with van der Waals surface area (Å²) < 4.78 is 61.9. The van der Waals surface area contributed by atoms with Crippen LogP contribution in [0.3, 0.4) is 0 Å². The number of thioether (sulfide) groups is 1. The molecule has 2 aromatic rings. The maximum atomic E-state index is 12.7. The third kappa shape index (κ3) is 15.0. The van der Waals surface area contributed by atoms with Gasteiger partial charge < -0.3 is 61.1 Å². The molecule has 0 saturated carbocycles. The monoisotopic (exact) mass is 897 g/mol. The third-order valence-corrected chi connectivity index (χ3v) is 11.7. The number of nitrogens with two attached hydrogens (primary N) is 1. The van der Waals surface area contributed by atoms with Gasteiger partial charge in [-0.3, -0.25) is 37.3 Å². The van der Waals surface area contributed by atoms with Gasteiger partial charge in [0.05, 0.1) is 19.5 Å². The molecule has 8 atom stereocenters. The number of rotatable bonds is 23. The number of amides is 2. The normalized spacial score (nSPS) is 22.0. The summed E-state index contributed by atoms with van der Waals surface area (Å²) in [6.07, 6.45) is -9.31. The molecule has 322 valence electrons. The number of aliphatic hydroxyl groups excluding tert-OH is 3. The summed E-state index contributed by atoms with van der Waals surface area (Å²) in [7, 11) is -16.5. The molecule has 3 rings (SSSR count). The Labute approximate surface area is 326 Å². The van der Waals surface area contributed by atoms with Crippen LogP contribution in [-0.2, 0) is 55.5 Å². The van der Waals surface area contributed by atoms with Crippen molar-refractivity contribution in [2.45, 2.75) is 69.9 Å². The first-order valence-electron chi connectivity index (χ1n) is 16.3. The summed E-state index contributed by atoms with van der Waals surface area (Å²) in [5.74, 6) is -2.76. The molecule has 0 spiro atoms. The first-order valence-corrected chi connectivity index (χ1v) is 21.8. The number of aromatic nitrogens is 4. The number of nitrogen functional groups attached to an aromatic ring is 1. The molecule has 57 heavy (non-hydrogen) atoms. The number of aliphatic hydroxyl groups is 3. The Hall–Kier alpha value is -3.01. The van der Waals surface area contributed by atoms with Gasteiger partial charge in [0.2, 0.25) is 16.9 Å². The zero-order chi connectivity index (χ0) is 42.9. The van der Waals surface area contributed by atoms with Crippen LogP contribution in [0.25, 0.3) is 11.2 Å². The number of ether oxygens (including phenoxy) is 1. The van der Waals surface area contributed by atoms with Crippen LogP contribution in [0, 0.1) is 5.41 Å². The standard InChI is InChI=1S/C26H42N7O20P3S/c1-26(2,20(39)23(40)29-6-5-15(35)28-7-8-57-25(41)13(34)3-4-16(36)37)10-50-56(47,48)53-55(45,46)49-9-14-19(52-54(42,43)44)18(38)24(51-14)33-12-32-17-21(27)30-11-31-22(17)33/h11-14,18-20,24,34,38-39H,3-10H2,1-2H3,(H,28,35)(H,29,40)(H,36,37)(H,45,46)(H,47,48)(H2,27,30,31)(H2,42,43,44)/t13-,14-,18-,19-,20?,24-/m1/s1. The van der Waals surface area contributed by atoms with Gasteiger partial charge in [0.25, 0.3) is 0 Å². The van der Waals surface area contributed by atoms with E-state index < -0.39 is 108 Å². The van der Waals surface area contributed by atoms with E-state index in [2.05, 4.69) is 34.4 Å². The predicted octanol–water partition coefficient (Wildman–Crippen LogP) is -2.11. The van der Waals surface area contributed by atoms with Gasteiger partial charge in [0.1, 0.15) is 42.4 Å². The first-order chi connectivity index (χ1) is 26.3. The zero-order valence-electron chi connectivity index (χ0n) is 29.9. The lowest BCUT2D eigenvalue weighted by Gasteiger charge is -2.30. The van der Waals surface area contributed by atoms with Gasteiger partial charge in [0.15, 0.2) is 17.7 Å². The number of carbonyl (C=O) groups is 4. The summed E-state index contributed by atoms with van der Waals surface area (Å²) >= 11 is 0.687. The molecular weight excluding hydrogens is 855 g/mol. The van der Waals surface area contributed by atoms with Crippen LogP contribution >= 0.6 is 35.2 Å². The molecule has 1 aliphatic heterocycles. The van der Waals surface area contributed by atoms with Gasteiger partial charge in [-0.05, 0) is 6.42 Å². The number of hydrogen-bond acceptors (Lipinski definition) is 20. The fraction of sp³-hybridized carbons (Fsp3) is 0.654. The van der Waals surface area contributed by atoms with Crippen molar-refractivity contribution < 1.29 is 95.5 Å². The largest absolute Gasteiger partial charge is 0.481 e. The molecule has 2 amide bonds. The Morgan fingerprint density at radius 2 is 1.68 bits per heavy atom. The Kier molecular flexibility index (Phi) is 17.2. The number of phosphoric ester groups is 3. The highest BCUT2D eigenvalue weighted by molar-refractivity contribution is 8.13. The highest BCUT2D eigenvalue weighted by Gasteiger charge is 2.50. The summed E-state index contributed by atoms with van der Waals surface area (Å²) in [4.78, 5) is 97.7. The molecule has 1 aliphatic rings. The fourth-order valence-corrected chi connectivity index (χ4v) is 8.30. The maximum Gasteiger partial charge on any atom is 0.481 e. The van der Waals surface area contributed by atoms with Gasteiger partial charge in [-0.25, -0.2) is 28.6 Å². The Morgan fingerprint density at radius 1 is 1.02 bits per heavy atom. The minimum atomic E-state index is -5.60. The number of aliphatic carboxylic acids is 1. The number of nitrogens with one attached hydrogen (secondary N) is 2. The summed E-state index contributed by atoms with van der Waals surface area (Å²) in [5, 5.41) is 43.7. The average Bonchev–Trinajstić information content (AvgIpc) is 3.66. The molecule has 0 bridgehead atoms. The molecule has 0 aliphatic carbocycles. The molecule has 0 aromatic carbocycles. The second-order valence-electron chi connectivity index (χ2n) is 12.7. The van der Waals surface area contributed by atoms with Crippen molar-refractivity contribution >= 4 is 75.1 Å². The van der Waals surface area contributed by atoms with E-state index >= 15 is 0 Å². The summed E-state index contributed by atoms with van der Waals surface area (Å²) in [5.41, 5.74) is 4.17. The molecule has 2 aromatic heterocycles. The smallest absolute Gasteiger partial charge is 0.481 e. The van der Waals surface area contributed by atoms with E-state index in [9.17, 15) is 67.8 Å². The van der Waals surface area contributed by atoms with Crippen LogP contribution < -0.4 is 16.4 Å². The van der Waals surface area contributed by atoms with Crippen LogP contribution in [0.2, 0.25) is 0 Å². The second-order valence-corrected chi connectivity index (χ2v) is 18.0. The van der Waals surface area contributed by atoms with Gasteiger partial charge in [-0.1, -0.05) is 25.6 Å². The molecule has 0 radical (unpaired) electrons. The minimum Gasteiger partial charge on any atom is -0.481 e. The Balaban J connectivity index is 1.47. The molecule has 31 heteroatoms. The molecule has 3 unspecified atom stereocenters. The van der Waals surface area contributed by atoms with Crippen LogP contribution in [-0.4, -0.2) is 145 Å². The van der Waals surface area contributed by atoms with E-state index in [4.69, 9.17) is 24.6 Å². The van der Waals surface area contributed by atoms with E-state index in [1.807, 2.05) is 0 Å². The quantitative estimate of drug-likeness (QED) is 0.0420. The lowest BCUT2D eigenvalue weighted by Crippen LogP contribution is -2.46. The highest BCUT2D eigenvalue weighted by atomic mass is 32.2. The highest BCUT2D eigenvalue weighted by Crippen LogP contribution is 2.61. The number of anilines is 1. The van der Waals surface area contributed by atoms with Crippen LogP contribution in [0.1, 0.15) is 39.3 Å². The Morgan fingerprint density at radius 3 is 2.33 bits per heavy atom. The number of hydrogen-bond donors (Lipinski definition) is 11. The van der Waals surface area contributed by atoms with E-state index in [1.165, 1.54) is 13.8 Å². The number of carbonyl (C=O) groups excluding carboxylic acids is 3.